The van der Waals surface area contributed by atoms with Crippen molar-refractivity contribution in [3.05, 3.63) is 74.8 Å². The molecule has 23 heavy (non-hydrogen) atoms. The Morgan fingerprint density at radius 2 is 1.91 bits per heavy atom. The van der Waals surface area contributed by atoms with Gasteiger partial charge in [0.25, 0.3) is 5.91 Å². The van der Waals surface area contributed by atoms with Gasteiger partial charge in [0.1, 0.15) is 10.6 Å². The number of benzene rings is 2. The molecule has 0 aliphatic heterocycles. The van der Waals surface area contributed by atoms with Gasteiger partial charge in [0.2, 0.25) is 0 Å². The fraction of sp³-hybridized carbons (Fsp3) is 0.188. The highest BCUT2D eigenvalue weighted by molar-refractivity contribution is 6.33. The van der Waals surface area contributed by atoms with Crippen LogP contribution in [0.15, 0.2) is 48.5 Å². The van der Waals surface area contributed by atoms with Crippen LogP contribution < -0.4 is 5.32 Å². The number of rotatable bonds is 6. The van der Waals surface area contributed by atoms with Crippen molar-refractivity contribution < 1.29 is 14.8 Å². The van der Waals surface area contributed by atoms with Crippen molar-refractivity contribution in [2.75, 3.05) is 6.54 Å². The van der Waals surface area contributed by atoms with Gasteiger partial charge >= 0.3 is 5.69 Å². The number of amides is 1. The predicted octanol–water partition coefficient (Wildman–Crippen LogP) is 3.10. The molecule has 120 valence electrons. The second-order valence-corrected chi connectivity index (χ2v) is 5.27. The van der Waals surface area contributed by atoms with Crippen LogP contribution in [0.25, 0.3) is 0 Å². The SMILES string of the molecule is O=C(NCCC(O)c1ccccc1)c1cccc(Cl)c1[N+](=O)[O-]. The summed E-state index contributed by atoms with van der Waals surface area (Å²) >= 11 is 5.77. The third kappa shape index (κ3) is 4.28. The molecule has 0 saturated carbocycles. The molecule has 0 radical (unpaired) electrons. The maximum absolute atomic E-state index is 12.1. The maximum Gasteiger partial charge on any atom is 0.300 e. The Kier molecular flexibility index (Phi) is 5.67. The summed E-state index contributed by atoms with van der Waals surface area (Å²) in [5.41, 5.74) is 0.225. The smallest absolute Gasteiger partial charge is 0.300 e. The number of carbonyl (C=O) groups is 1. The Hall–Kier alpha value is -2.44. The van der Waals surface area contributed by atoms with E-state index in [1.165, 1.54) is 18.2 Å². The van der Waals surface area contributed by atoms with Crippen molar-refractivity contribution in [3.63, 3.8) is 0 Å². The van der Waals surface area contributed by atoms with Gasteiger partial charge in [0.15, 0.2) is 0 Å². The van der Waals surface area contributed by atoms with Crippen LogP contribution in [0, 0.1) is 10.1 Å². The average molecular weight is 335 g/mol. The molecule has 2 rings (SSSR count). The minimum atomic E-state index is -0.717. The van der Waals surface area contributed by atoms with E-state index < -0.39 is 22.6 Å². The highest BCUT2D eigenvalue weighted by Gasteiger charge is 2.23. The minimum Gasteiger partial charge on any atom is -0.388 e. The van der Waals surface area contributed by atoms with Crippen molar-refractivity contribution in [2.24, 2.45) is 0 Å². The lowest BCUT2D eigenvalue weighted by atomic mass is 10.1. The fourth-order valence-corrected chi connectivity index (χ4v) is 2.39. The summed E-state index contributed by atoms with van der Waals surface area (Å²) in [6.07, 6.45) is -0.421. The Balaban J connectivity index is 1.98. The summed E-state index contributed by atoms with van der Waals surface area (Å²) in [5, 5.41) is 23.5. The van der Waals surface area contributed by atoms with Crippen molar-refractivity contribution in [1.82, 2.24) is 5.32 Å². The number of nitro benzene ring substituents is 1. The number of nitrogens with zero attached hydrogens (tertiary/aromatic N) is 1. The number of aliphatic hydroxyl groups excluding tert-OH is 1. The number of carbonyl (C=O) groups excluding carboxylic acids is 1. The Labute approximate surface area is 137 Å². The molecule has 0 aromatic heterocycles. The quantitative estimate of drug-likeness (QED) is 0.627. The van der Waals surface area contributed by atoms with Crippen LogP contribution >= 0.6 is 11.6 Å². The van der Waals surface area contributed by atoms with E-state index >= 15 is 0 Å². The molecule has 0 heterocycles. The number of hydrogen-bond donors (Lipinski definition) is 2. The molecule has 2 aromatic carbocycles. The first-order valence-electron chi connectivity index (χ1n) is 6.95. The number of halogens is 1. The molecule has 1 unspecified atom stereocenters. The first kappa shape index (κ1) is 16.9. The molecule has 1 atom stereocenters. The number of hydrogen-bond acceptors (Lipinski definition) is 4. The molecule has 0 saturated heterocycles. The largest absolute Gasteiger partial charge is 0.388 e. The molecule has 0 aliphatic rings. The summed E-state index contributed by atoms with van der Waals surface area (Å²) < 4.78 is 0. The average Bonchev–Trinajstić information content (AvgIpc) is 2.54. The summed E-state index contributed by atoms with van der Waals surface area (Å²) in [5.74, 6) is -0.598. The monoisotopic (exact) mass is 334 g/mol. The van der Waals surface area contributed by atoms with E-state index in [9.17, 15) is 20.0 Å². The van der Waals surface area contributed by atoms with Gasteiger partial charge in [-0.05, 0) is 24.1 Å². The number of nitrogens with one attached hydrogen (secondary N) is 1. The Morgan fingerprint density at radius 1 is 1.22 bits per heavy atom. The Morgan fingerprint density at radius 3 is 2.57 bits per heavy atom. The molecular weight excluding hydrogens is 320 g/mol. The van der Waals surface area contributed by atoms with E-state index in [1.54, 1.807) is 12.1 Å². The van der Waals surface area contributed by atoms with Crippen LogP contribution in [-0.2, 0) is 0 Å². The molecule has 2 N–H and O–H groups in total. The van der Waals surface area contributed by atoms with Gasteiger partial charge in [-0.1, -0.05) is 48.0 Å². The van der Waals surface area contributed by atoms with Gasteiger partial charge in [0, 0.05) is 6.54 Å². The lowest BCUT2D eigenvalue weighted by Gasteiger charge is -2.11. The molecule has 0 spiro atoms. The summed E-state index contributed by atoms with van der Waals surface area (Å²) in [4.78, 5) is 22.4. The highest BCUT2D eigenvalue weighted by Crippen LogP contribution is 2.28. The van der Waals surface area contributed by atoms with Crippen LogP contribution in [0.4, 0.5) is 5.69 Å². The Bertz CT molecular complexity index is 706. The van der Waals surface area contributed by atoms with Gasteiger partial charge in [-0.3, -0.25) is 14.9 Å². The number of para-hydroxylation sites is 1. The van der Waals surface area contributed by atoms with E-state index in [4.69, 9.17) is 11.6 Å². The zero-order chi connectivity index (χ0) is 16.8. The number of aliphatic hydroxyl groups is 1. The number of nitro groups is 1. The van der Waals surface area contributed by atoms with E-state index in [1.807, 2.05) is 18.2 Å². The van der Waals surface area contributed by atoms with Crippen LogP contribution in [0.2, 0.25) is 5.02 Å². The van der Waals surface area contributed by atoms with Crippen LogP contribution in [0.3, 0.4) is 0 Å². The zero-order valence-electron chi connectivity index (χ0n) is 12.1. The van der Waals surface area contributed by atoms with Gasteiger partial charge in [-0.2, -0.15) is 0 Å². The van der Waals surface area contributed by atoms with Crippen LogP contribution in [0.5, 0.6) is 0 Å². The first-order chi connectivity index (χ1) is 11.0. The standard InChI is InChI=1S/C16H15ClN2O4/c17-13-8-4-7-12(15(13)19(22)23)16(21)18-10-9-14(20)11-5-2-1-3-6-11/h1-8,14,20H,9-10H2,(H,18,21). The minimum absolute atomic E-state index is 0.0908. The molecular formula is C16H15ClN2O4. The second kappa shape index (κ2) is 7.71. The van der Waals surface area contributed by atoms with Gasteiger partial charge < -0.3 is 10.4 Å². The fourth-order valence-electron chi connectivity index (χ4n) is 2.14. The van der Waals surface area contributed by atoms with E-state index in [-0.39, 0.29) is 17.1 Å². The van der Waals surface area contributed by atoms with Gasteiger partial charge in [-0.25, -0.2) is 0 Å². The highest BCUT2D eigenvalue weighted by atomic mass is 35.5. The molecule has 7 heteroatoms. The van der Waals surface area contributed by atoms with E-state index in [0.29, 0.717) is 6.42 Å². The summed E-state index contributed by atoms with van der Waals surface area (Å²) in [6.45, 7) is 0.179. The first-order valence-corrected chi connectivity index (χ1v) is 7.32. The van der Waals surface area contributed by atoms with Crippen molar-refractivity contribution in [2.45, 2.75) is 12.5 Å². The summed E-state index contributed by atoms with van der Waals surface area (Å²) in [6, 6.07) is 13.2. The molecule has 0 aliphatic carbocycles. The van der Waals surface area contributed by atoms with E-state index in [2.05, 4.69) is 5.32 Å². The van der Waals surface area contributed by atoms with Crippen LogP contribution in [0.1, 0.15) is 28.4 Å². The lowest BCUT2D eigenvalue weighted by Crippen LogP contribution is -2.26. The molecule has 0 fully saturated rings. The molecule has 0 bridgehead atoms. The van der Waals surface area contributed by atoms with Crippen LogP contribution in [-0.4, -0.2) is 22.5 Å². The van der Waals surface area contributed by atoms with Gasteiger partial charge in [0.05, 0.1) is 11.0 Å². The summed E-state index contributed by atoms with van der Waals surface area (Å²) in [7, 11) is 0. The normalized spacial score (nSPS) is 11.7. The molecule has 1 amide bonds. The topological polar surface area (TPSA) is 92.5 Å². The maximum atomic E-state index is 12.1. The lowest BCUT2D eigenvalue weighted by molar-refractivity contribution is -0.385. The third-order valence-electron chi connectivity index (χ3n) is 3.30. The molecule has 2 aromatic rings. The van der Waals surface area contributed by atoms with Gasteiger partial charge in [-0.15, -0.1) is 0 Å². The van der Waals surface area contributed by atoms with E-state index in [0.717, 1.165) is 5.56 Å². The second-order valence-electron chi connectivity index (χ2n) is 4.86. The zero-order valence-corrected chi connectivity index (χ0v) is 12.9. The van der Waals surface area contributed by atoms with Crippen molar-refractivity contribution in [3.8, 4) is 0 Å². The molecule has 6 nitrogen and oxygen atoms in total. The predicted molar refractivity (Wildman–Crippen MR) is 86.5 cm³/mol. The third-order valence-corrected chi connectivity index (χ3v) is 3.61. The van der Waals surface area contributed by atoms with Crippen molar-refractivity contribution >= 4 is 23.2 Å². The van der Waals surface area contributed by atoms with Crippen molar-refractivity contribution in [1.29, 1.82) is 0 Å².